The molecule has 4 nitrogen and oxygen atoms in total. The number of nitro benzene ring substituents is 1. The van der Waals surface area contributed by atoms with Gasteiger partial charge < -0.3 is 5.32 Å². The fourth-order valence-corrected chi connectivity index (χ4v) is 2.43. The molecule has 0 unspecified atom stereocenters. The lowest BCUT2D eigenvalue weighted by molar-refractivity contribution is -0.384. The first-order valence-electron chi connectivity index (χ1n) is 5.98. The van der Waals surface area contributed by atoms with Crippen LogP contribution in [-0.4, -0.2) is 11.5 Å². The van der Waals surface area contributed by atoms with Crippen molar-refractivity contribution in [1.29, 1.82) is 0 Å². The number of non-ortho nitro benzene ring substituents is 1. The molecule has 20 heavy (non-hydrogen) atoms. The van der Waals surface area contributed by atoms with Crippen molar-refractivity contribution < 1.29 is 9.31 Å². The second-order valence-electron chi connectivity index (χ2n) is 4.22. The molecule has 0 atom stereocenters. The molecule has 0 saturated heterocycles. The van der Waals surface area contributed by atoms with Crippen LogP contribution in [0.25, 0.3) is 0 Å². The van der Waals surface area contributed by atoms with Gasteiger partial charge in [-0.05, 0) is 52.8 Å². The van der Waals surface area contributed by atoms with E-state index in [0.717, 1.165) is 21.2 Å². The molecule has 0 radical (unpaired) electrons. The second-order valence-corrected chi connectivity index (χ2v) is 5.39. The van der Waals surface area contributed by atoms with E-state index in [1.165, 1.54) is 24.3 Å². The third-order valence-electron chi connectivity index (χ3n) is 2.81. The lowest BCUT2D eigenvalue weighted by Crippen LogP contribution is -2.06. The minimum Gasteiger partial charge on any atom is -0.384 e. The molecule has 0 aromatic heterocycles. The Labute approximate surface area is 129 Å². The molecule has 2 rings (SSSR count). The summed E-state index contributed by atoms with van der Waals surface area (Å²) in [7, 11) is 0. The average Bonchev–Trinajstić information content (AvgIpc) is 2.42. The van der Waals surface area contributed by atoms with Crippen LogP contribution in [-0.2, 0) is 6.42 Å². The fraction of sp³-hybridized carbons (Fsp3) is 0.143. The van der Waals surface area contributed by atoms with Crippen LogP contribution in [0, 0.1) is 19.5 Å². The normalized spacial score (nSPS) is 10.3. The number of hydrogen-bond acceptors (Lipinski definition) is 3. The summed E-state index contributed by atoms with van der Waals surface area (Å²) < 4.78 is 13.8. The Balaban J connectivity index is 1.91. The molecule has 0 aliphatic carbocycles. The summed E-state index contributed by atoms with van der Waals surface area (Å²) in [6.07, 6.45) is 0.742. The monoisotopic (exact) mass is 386 g/mol. The number of nitro groups is 1. The molecule has 0 aliphatic heterocycles. The van der Waals surface area contributed by atoms with Crippen LogP contribution < -0.4 is 5.32 Å². The van der Waals surface area contributed by atoms with Crippen LogP contribution in [0.5, 0.6) is 0 Å². The smallest absolute Gasteiger partial charge is 0.269 e. The zero-order valence-electron chi connectivity index (χ0n) is 10.5. The summed E-state index contributed by atoms with van der Waals surface area (Å²) in [5, 5.41) is 13.8. The highest BCUT2D eigenvalue weighted by Gasteiger charge is 2.04. The molecule has 0 saturated carbocycles. The zero-order valence-corrected chi connectivity index (χ0v) is 12.6. The first-order valence-corrected chi connectivity index (χ1v) is 7.06. The van der Waals surface area contributed by atoms with E-state index in [0.29, 0.717) is 6.54 Å². The van der Waals surface area contributed by atoms with E-state index in [4.69, 9.17) is 0 Å². The number of nitrogens with zero attached hydrogens (tertiary/aromatic N) is 1. The molecule has 1 N–H and O–H groups in total. The summed E-state index contributed by atoms with van der Waals surface area (Å²) in [5.41, 5.74) is 1.99. The van der Waals surface area contributed by atoms with E-state index in [2.05, 4.69) is 27.9 Å². The molecule has 0 fully saturated rings. The summed E-state index contributed by atoms with van der Waals surface area (Å²) in [6.45, 7) is 0.680. The molecule has 0 aliphatic rings. The van der Waals surface area contributed by atoms with E-state index in [1.807, 2.05) is 0 Å². The molecule has 0 heterocycles. The van der Waals surface area contributed by atoms with Gasteiger partial charge in [-0.25, -0.2) is 4.39 Å². The number of rotatable bonds is 5. The highest BCUT2D eigenvalue weighted by Crippen LogP contribution is 2.19. The maximum atomic E-state index is 13.0. The molecule has 0 amide bonds. The van der Waals surface area contributed by atoms with E-state index < -0.39 is 4.92 Å². The topological polar surface area (TPSA) is 55.2 Å². The number of halogens is 2. The summed E-state index contributed by atoms with van der Waals surface area (Å²) >= 11 is 2.07. The van der Waals surface area contributed by atoms with Gasteiger partial charge in [0.25, 0.3) is 5.69 Å². The van der Waals surface area contributed by atoms with Gasteiger partial charge in [-0.2, -0.15) is 0 Å². The number of nitrogens with one attached hydrogen (secondary N) is 1. The van der Waals surface area contributed by atoms with Gasteiger partial charge in [-0.3, -0.25) is 10.1 Å². The Morgan fingerprint density at radius 1 is 1.20 bits per heavy atom. The molecule has 2 aromatic carbocycles. The van der Waals surface area contributed by atoms with E-state index in [9.17, 15) is 14.5 Å². The maximum Gasteiger partial charge on any atom is 0.269 e. The first-order chi connectivity index (χ1) is 9.56. The van der Waals surface area contributed by atoms with Crippen LogP contribution in [0.3, 0.4) is 0 Å². The Morgan fingerprint density at radius 3 is 2.50 bits per heavy atom. The van der Waals surface area contributed by atoms with Crippen molar-refractivity contribution in [2.45, 2.75) is 6.42 Å². The Bertz CT molecular complexity index is 617. The Hall–Kier alpha value is -1.70. The van der Waals surface area contributed by atoms with Crippen molar-refractivity contribution in [1.82, 2.24) is 0 Å². The SMILES string of the molecule is O=[N+]([O-])c1ccc(CCNc2ccc(F)cc2I)cc1. The molecular formula is C14H12FIN2O2. The van der Waals surface area contributed by atoms with Crippen molar-refractivity contribution in [2.24, 2.45) is 0 Å². The Morgan fingerprint density at radius 2 is 1.90 bits per heavy atom. The van der Waals surface area contributed by atoms with Crippen molar-refractivity contribution in [3.63, 3.8) is 0 Å². The molecular weight excluding hydrogens is 374 g/mol. The predicted octanol–water partition coefficient (Wildman–Crippen LogP) is 3.99. The standard InChI is InChI=1S/C14H12FIN2O2/c15-11-3-6-14(13(16)9-11)17-8-7-10-1-4-12(5-2-10)18(19)20/h1-6,9,17H,7-8H2. The van der Waals surface area contributed by atoms with Crippen LogP contribution in [0.2, 0.25) is 0 Å². The van der Waals surface area contributed by atoms with Crippen molar-refractivity contribution in [3.8, 4) is 0 Å². The lowest BCUT2D eigenvalue weighted by atomic mass is 10.1. The van der Waals surface area contributed by atoms with Gasteiger partial charge in [-0.15, -0.1) is 0 Å². The third kappa shape index (κ3) is 3.89. The summed E-state index contributed by atoms with van der Waals surface area (Å²) in [5.74, 6) is -0.254. The van der Waals surface area contributed by atoms with Crippen LogP contribution in [0.15, 0.2) is 42.5 Å². The maximum absolute atomic E-state index is 13.0. The van der Waals surface area contributed by atoms with Gasteiger partial charge in [0.1, 0.15) is 5.82 Å². The lowest BCUT2D eigenvalue weighted by Gasteiger charge is -2.08. The minimum atomic E-state index is -0.414. The first kappa shape index (κ1) is 14.7. The van der Waals surface area contributed by atoms with Gasteiger partial charge in [0.05, 0.1) is 4.92 Å². The van der Waals surface area contributed by atoms with Gasteiger partial charge >= 0.3 is 0 Å². The van der Waals surface area contributed by atoms with Gasteiger partial charge in [-0.1, -0.05) is 12.1 Å². The minimum absolute atomic E-state index is 0.0924. The number of anilines is 1. The van der Waals surface area contributed by atoms with Crippen molar-refractivity contribution >= 4 is 34.0 Å². The molecule has 0 spiro atoms. The van der Waals surface area contributed by atoms with Gasteiger partial charge in [0.2, 0.25) is 0 Å². The highest BCUT2D eigenvalue weighted by atomic mass is 127. The van der Waals surface area contributed by atoms with Crippen LogP contribution in [0.1, 0.15) is 5.56 Å². The van der Waals surface area contributed by atoms with Gasteiger partial charge in [0, 0.05) is 27.9 Å². The van der Waals surface area contributed by atoms with E-state index in [-0.39, 0.29) is 11.5 Å². The second kappa shape index (κ2) is 6.65. The fourth-order valence-electron chi connectivity index (χ4n) is 1.76. The number of hydrogen-bond donors (Lipinski definition) is 1. The molecule has 6 heteroatoms. The molecule has 0 bridgehead atoms. The van der Waals surface area contributed by atoms with Crippen molar-refractivity contribution in [2.75, 3.05) is 11.9 Å². The quantitative estimate of drug-likeness (QED) is 0.480. The van der Waals surface area contributed by atoms with Crippen LogP contribution in [0.4, 0.5) is 15.8 Å². The van der Waals surface area contributed by atoms with Gasteiger partial charge in [0.15, 0.2) is 0 Å². The highest BCUT2D eigenvalue weighted by molar-refractivity contribution is 14.1. The predicted molar refractivity (Wildman–Crippen MR) is 84.4 cm³/mol. The summed E-state index contributed by atoms with van der Waals surface area (Å²) in [4.78, 5) is 10.1. The zero-order chi connectivity index (χ0) is 14.5. The van der Waals surface area contributed by atoms with E-state index >= 15 is 0 Å². The molecule has 2 aromatic rings. The Kier molecular flexibility index (Phi) is 4.89. The average molecular weight is 386 g/mol. The molecule has 104 valence electrons. The van der Waals surface area contributed by atoms with Crippen LogP contribution >= 0.6 is 22.6 Å². The largest absolute Gasteiger partial charge is 0.384 e. The van der Waals surface area contributed by atoms with E-state index in [1.54, 1.807) is 18.2 Å². The summed E-state index contributed by atoms with van der Waals surface area (Å²) in [6, 6.07) is 11.1. The third-order valence-corrected chi connectivity index (χ3v) is 3.70. The number of benzene rings is 2. The van der Waals surface area contributed by atoms with Crippen molar-refractivity contribution in [3.05, 3.63) is 67.5 Å².